The van der Waals surface area contributed by atoms with Gasteiger partial charge in [0.2, 0.25) is 0 Å². The molecular formula is C20H19F4N5O2. The molecule has 0 radical (unpaired) electrons. The molecule has 5 heterocycles. The van der Waals surface area contributed by atoms with E-state index < -0.39 is 23.9 Å². The first-order chi connectivity index (χ1) is 14.8. The molecule has 0 spiro atoms. The SMILES string of the molecule is O=C(N1CCc2c(ncn2C2CCCCO2)C1c1cc2c(F)cccn2n1)C(F)(F)F. The Hall–Kier alpha value is -2.95. The highest BCUT2D eigenvalue weighted by molar-refractivity contribution is 5.83. The van der Waals surface area contributed by atoms with Gasteiger partial charge in [0.25, 0.3) is 0 Å². The fourth-order valence-electron chi connectivity index (χ4n) is 4.40. The fourth-order valence-corrected chi connectivity index (χ4v) is 4.40. The summed E-state index contributed by atoms with van der Waals surface area (Å²) in [7, 11) is 0. The van der Waals surface area contributed by atoms with Crippen molar-refractivity contribution in [3.05, 3.63) is 53.6 Å². The minimum absolute atomic E-state index is 0.110. The molecule has 3 aromatic rings. The molecule has 2 aliphatic heterocycles. The number of alkyl halides is 3. The number of hydrogen-bond donors (Lipinski definition) is 0. The molecule has 1 saturated heterocycles. The van der Waals surface area contributed by atoms with Gasteiger partial charge in [-0.3, -0.25) is 4.79 Å². The highest BCUT2D eigenvalue weighted by Crippen LogP contribution is 2.38. The van der Waals surface area contributed by atoms with Gasteiger partial charge in [-0.1, -0.05) is 0 Å². The second-order valence-corrected chi connectivity index (χ2v) is 7.71. The molecule has 0 N–H and O–H groups in total. The summed E-state index contributed by atoms with van der Waals surface area (Å²) in [4.78, 5) is 17.3. The largest absolute Gasteiger partial charge is 0.471 e. The summed E-state index contributed by atoms with van der Waals surface area (Å²) in [5.41, 5.74) is 1.25. The van der Waals surface area contributed by atoms with Crippen LogP contribution in [0.25, 0.3) is 5.52 Å². The van der Waals surface area contributed by atoms with E-state index in [9.17, 15) is 22.4 Å². The number of fused-ring (bicyclic) bond motifs is 2. The lowest BCUT2D eigenvalue weighted by Crippen LogP contribution is -2.47. The summed E-state index contributed by atoms with van der Waals surface area (Å²) in [5, 5.41) is 4.27. The monoisotopic (exact) mass is 437 g/mol. The van der Waals surface area contributed by atoms with Crippen molar-refractivity contribution in [2.24, 2.45) is 0 Å². The Bertz CT molecular complexity index is 1130. The van der Waals surface area contributed by atoms with E-state index in [0.717, 1.165) is 24.2 Å². The average Bonchev–Trinajstić information content (AvgIpc) is 3.37. The number of carbonyl (C=O) groups is 1. The van der Waals surface area contributed by atoms with E-state index in [1.807, 2.05) is 4.57 Å². The van der Waals surface area contributed by atoms with Crippen LogP contribution in [0.4, 0.5) is 17.6 Å². The third kappa shape index (κ3) is 3.36. The van der Waals surface area contributed by atoms with E-state index in [-0.39, 0.29) is 30.4 Å². The molecule has 3 aromatic heterocycles. The van der Waals surface area contributed by atoms with Gasteiger partial charge in [-0.05, 0) is 37.5 Å². The Morgan fingerprint density at radius 2 is 2.10 bits per heavy atom. The molecule has 164 valence electrons. The van der Waals surface area contributed by atoms with Gasteiger partial charge >= 0.3 is 12.1 Å². The van der Waals surface area contributed by atoms with Crippen molar-refractivity contribution in [2.75, 3.05) is 13.2 Å². The number of nitrogens with zero attached hydrogens (tertiary/aromatic N) is 5. The van der Waals surface area contributed by atoms with Crippen LogP contribution in [0.3, 0.4) is 0 Å². The van der Waals surface area contributed by atoms with Crippen LogP contribution in [-0.2, 0) is 16.0 Å². The van der Waals surface area contributed by atoms with Crippen LogP contribution in [0.2, 0.25) is 0 Å². The molecule has 1 fully saturated rings. The quantitative estimate of drug-likeness (QED) is 0.577. The molecule has 2 aliphatic rings. The van der Waals surface area contributed by atoms with Crippen LogP contribution in [0.1, 0.15) is 48.6 Å². The molecule has 7 nitrogen and oxygen atoms in total. The number of aromatic nitrogens is 4. The standard InChI is InChI=1S/C20H19F4N5O2/c21-12-4-3-7-29-15(12)10-13(26-29)18-17-14(6-8-27(18)19(30)20(22,23)24)28(11-25-17)16-5-1-2-9-31-16/h3-4,7,10-11,16,18H,1-2,5-6,8-9H2. The molecule has 1 amide bonds. The van der Waals surface area contributed by atoms with Crippen molar-refractivity contribution in [3.63, 3.8) is 0 Å². The lowest BCUT2D eigenvalue weighted by Gasteiger charge is -2.35. The van der Waals surface area contributed by atoms with Crippen molar-refractivity contribution in [1.29, 1.82) is 0 Å². The summed E-state index contributed by atoms with van der Waals surface area (Å²) >= 11 is 0. The Labute approximate surface area is 174 Å². The first-order valence-corrected chi connectivity index (χ1v) is 10.0. The Balaban J connectivity index is 1.62. The highest BCUT2D eigenvalue weighted by atomic mass is 19.4. The third-order valence-electron chi connectivity index (χ3n) is 5.81. The summed E-state index contributed by atoms with van der Waals surface area (Å²) < 4.78 is 63.1. The van der Waals surface area contributed by atoms with Gasteiger partial charge in [-0.25, -0.2) is 13.9 Å². The molecule has 0 saturated carbocycles. The van der Waals surface area contributed by atoms with Gasteiger partial charge in [0.15, 0.2) is 0 Å². The number of ether oxygens (including phenoxy) is 1. The number of rotatable bonds is 2. The maximum atomic E-state index is 14.2. The van der Waals surface area contributed by atoms with Crippen molar-refractivity contribution in [3.8, 4) is 0 Å². The Morgan fingerprint density at radius 3 is 2.81 bits per heavy atom. The number of amides is 1. The Morgan fingerprint density at radius 1 is 1.26 bits per heavy atom. The first kappa shape index (κ1) is 20.0. The topological polar surface area (TPSA) is 64.7 Å². The molecule has 2 unspecified atom stereocenters. The maximum absolute atomic E-state index is 14.2. The average molecular weight is 437 g/mol. The number of hydrogen-bond acceptors (Lipinski definition) is 4. The normalized spacial score (nSPS) is 22.0. The lowest BCUT2D eigenvalue weighted by atomic mass is 9.99. The minimum Gasteiger partial charge on any atom is -0.358 e. The van der Waals surface area contributed by atoms with E-state index in [1.54, 1.807) is 6.33 Å². The second-order valence-electron chi connectivity index (χ2n) is 7.71. The predicted molar refractivity (Wildman–Crippen MR) is 99.5 cm³/mol. The summed E-state index contributed by atoms with van der Waals surface area (Å²) in [5.74, 6) is -2.53. The van der Waals surface area contributed by atoms with Gasteiger partial charge < -0.3 is 14.2 Å². The van der Waals surface area contributed by atoms with E-state index in [4.69, 9.17) is 4.74 Å². The smallest absolute Gasteiger partial charge is 0.358 e. The molecule has 5 rings (SSSR count). The van der Waals surface area contributed by atoms with Crippen molar-refractivity contribution >= 4 is 11.4 Å². The summed E-state index contributed by atoms with van der Waals surface area (Å²) in [6.07, 6.45) is 0.668. The van der Waals surface area contributed by atoms with Crippen LogP contribution >= 0.6 is 0 Å². The van der Waals surface area contributed by atoms with Gasteiger partial charge in [0.05, 0.1) is 17.7 Å². The zero-order valence-electron chi connectivity index (χ0n) is 16.3. The molecule has 0 aromatic carbocycles. The lowest BCUT2D eigenvalue weighted by molar-refractivity contribution is -0.187. The van der Waals surface area contributed by atoms with E-state index >= 15 is 0 Å². The van der Waals surface area contributed by atoms with Gasteiger partial charge in [-0.15, -0.1) is 0 Å². The summed E-state index contributed by atoms with van der Waals surface area (Å²) in [6.45, 7) is 0.441. The van der Waals surface area contributed by atoms with Gasteiger partial charge in [0.1, 0.15) is 23.6 Å². The van der Waals surface area contributed by atoms with Crippen molar-refractivity contribution in [1.82, 2.24) is 24.1 Å². The second kappa shape index (κ2) is 7.33. The molecule has 0 bridgehead atoms. The van der Waals surface area contributed by atoms with Crippen LogP contribution in [0.15, 0.2) is 30.7 Å². The number of pyridine rings is 1. The predicted octanol–water partition coefficient (Wildman–Crippen LogP) is 3.41. The van der Waals surface area contributed by atoms with Crippen LogP contribution in [0, 0.1) is 5.82 Å². The molecular weight excluding hydrogens is 418 g/mol. The first-order valence-electron chi connectivity index (χ1n) is 10.0. The molecule has 11 heteroatoms. The van der Waals surface area contributed by atoms with Crippen LogP contribution in [0.5, 0.6) is 0 Å². The van der Waals surface area contributed by atoms with E-state index in [1.165, 1.54) is 28.9 Å². The van der Waals surface area contributed by atoms with E-state index in [2.05, 4.69) is 10.1 Å². The molecule has 2 atom stereocenters. The van der Waals surface area contributed by atoms with Crippen LogP contribution < -0.4 is 0 Å². The molecule has 0 aliphatic carbocycles. The zero-order chi connectivity index (χ0) is 21.8. The highest BCUT2D eigenvalue weighted by Gasteiger charge is 2.48. The maximum Gasteiger partial charge on any atom is 0.471 e. The zero-order valence-corrected chi connectivity index (χ0v) is 16.3. The number of imidazole rings is 1. The van der Waals surface area contributed by atoms with Crippen molar-refractivity contribution in [2.45, 2.75) is 44.1 Å². The van der Waals surface area contributed by atoms with Crippen molar-refractivity contribution < 1.29 is 27.1 Å². The number of halogens is 4. The summed E-state index contributed by atoms with van der Waals surface area (Å²) in [6, 6.07) is 2.86. The Kier molecular flexibility index (Phi) is 4.72. The minimum atomic E-state index is -5.05. The van der Waals surface area contributed by atoms with Gasteiger partial charge in [0, 0.05) is 31.5 Å². The third-order valence-corrected chi connectivity index (χ3v) is 5.81. The van der Waals surface area contributed by atoms with Gasteiger partial charge in [-0.2, -0.15) is 18.3 Å². The molecule has 31 heavy (non-hydrogen) atoms. The fraction of sp³-hybridized carbons (Fsp3) is 0.450. The van der Waals surface area contributed by atoms with Crippen LogP contribution in [-0.4, -0.2) is 49.3 Å². The van der Waals surface area contributed by atoms with E-state index in [0.29, 0.717) is 18.0 Å². The number of carbonyl (C=O) groups excluding carboxylic acids is 1.